The molecule has 76 valence electrons. The molecule has 2 heteroatoms. The summed E-state index contributed by atoms with van der Waals surface area (Å²) in [5, 5.41) is 0. The van der Waals surface area contributed by atoms with Crippen molar-refractivity contribution >= 4 is 0 Å². The SMILES string of the molecule is CC(C)(C)N1CCOC2(CCC2)C1. The Labute approximate surface area is 81.3 Å². The number of hydrogen-bond acceptors (Lipinski definition) is 2. The minimum Gasteiger partial charge on any atom is -0.372 e. The third-order valence-electron chi connectivity index (χ3n) is 3.46. The average Bonchev–Trinajstić information content (AvgIpc) is 2.00. The van der Waals surface area contributed by atoms with Crippen LogP contribution in [0.2, 0.25) is 0 Å². The summed E-state index contributed by atoms with van der Waals surface area (Å²) >= 11 is 0. The third kappa shape index (κ3) is 1.75. The highest BCUT2D eigenvalue weighted by Gasteiger charge is 2.43. The lowest BCUT2D eigenvalue weighted by Crippen LogP contribution is -2.60. The lowest BCUT2D eigenvalue weighted by Gasteiger charge is -2.52. The van der Waals surface area contributed by atoms with Crippen LogP contribution >= 0.6 is 0 Å². The van der Waals surface area contributed by atoms with E-state index in [2.05, 4.69) is 25.7 Å². The lowest BCUT2D eigenvalue weighted by atomic mass is 9.78. The van der Waals surface area contributed by atoms with Gasteiger partial charge in [-0.2, -0.15) is 0 Å². The lowest BCUT2D eigenvalue weighted by molar-refractivity contribution is -0.166. The molecular weight excluding hydrogens is 162 g/mol. The van der Waals surface area contributed by atoms with Gasteiger partial charge in [-0.25, -0.2) is 0 Å². The molecule has 1 heterocycles. The Morgan fingerprint density at radius 1 is 1.23 bits per heavy atom. The number of morpholine rings is 1. The minimum atomic E-state index is 0.255. The maximum atomic E-state index is 5.89. The predicted octanol–water partition coefficient (Wildman–Crippen LogP) is 2.04. The first-order valence-corrected chi connectivity index (χ1v) is 5.41. The summed E-state index contributed by atoms with van der Waals surface area (Å²) in [5.74, 6) is 0. The Kier molecular flexibility index (Phi) is 2.16. The van der Waals surface area contributed by atoms with Crippen LogP contribution < -0.4 is 0 Å². The smallest absolute Gasteiger partial charge is 0.0809 e. The van der Waals surface area contributed by atoms with Gasteiger partial charge in [-0.05, 0) is 40.0 Å². The zero-order chi connectivity index (χ0) is 9.53. The second kappa shape index (κ2) is 2.96. The molecule has 2 nitrogen and oxygen atoms in total. The highest BCUT2D eigenvalue weighted by Crippen LogP contribution is 2.39. The quantitative estimate of drug-likeness (QED) is 0.570. The van der Waals surface area contributed by atoms with Gasteiger partial charge in [0.25, 0.3) is 0 Å². The van der Waals surface area contributed by atoms with Crippen molar-refractivity contribution in [2.45, 2.75) is 51.2 Å². The molecule has 2 rings (SSSR count). The monoisotopic (exact) mass is 183 g/mol. The fourth-order valence-corrected chi connectivity index (χ4v) is 2.29. The molecule has 13 heavy (non-hydrogen) atoms. The average molecular weight is 183 g/mol. The molecule has 1 aliphatic carbocycles. The zero-order valence-corrected chi connectivity index (χ0v) is 9.10. The van der Waals surface area contributed by atoms with Crippen LogP contribution in [0, 0.1) is 0 Å². The van der Waals surface area contributed by atoms with Crippen LogP contribution in [0.4, 0.5) is 0 Å². The fourth-order valence-electron chi connectivity index (χ4n) is 2.29. The molecule has 0 aromatic carbocycles. The molecule has 0 aromatic heterocycles. The predicted molar refractivity (Wildman–Crippen MR) is 53.9 cm³/mol. The van der Waals surface area contributed by atoms with Crippen molar-refractivity contribution in [1.82, 2.24) is 4.90 Å². The van der Waals surface area contributed by atoms with Crippen molar-refractivity contribution < 1.29 is 4.74 Å². The summed E-state index contributed by atoms with van der Waals surface area (Å²) in [4.78, 5) is 2.57. The Balaban J connectivity index is 2.00. The number of ether oxygens (including phenoxy) is 1. The van der Waals surface area contributed by atoms with E-state index in [-0.39, 0.29) is 5.60 Å². The van der Waals surface area contributed by atoms with E-state index in [9.17, 15) is 0 Å². The van der Waals surface area contributed by atoms with Gasteiger partial charge in [0.15, 0.2) is 0 Å². The summed E-state index contributed by atoms with van der Waals surface area (Å²) in [5.41, 5.74) is 0.567. The maximum absolute atomic E-state index is 5.89. The van der Waals surface area contributed by atoms with Crippen LogP contribution in [0.5, 0.6) is 0 Å². The van der Waals surface area contributed by atoms with Crippen molar-refractivity contribution in [1.29, 1.82) is 0 Å². The van der Waals surface area contributed by atoms with E-state index >= 15 is 0 Å². The summed E-state index contributed by atoms with van der Waals surface area (Å²) in [6.07, 6.45) is 3.91. The van der Waals surface area contributed by atoms with Gasteiger partial charge in [-0.1, -0.05) is 0 Å². The van der Waals surface area contributed by atoms with Crippen LogP contribution in [0.25, 0.3) is 0 Å². The Morgan fingerprint density at radius 3 is 2.38 bits per heavy atom. The van der Waals surface area contributed by atoms with E-state index in [4.69, 9.17) is 4.74 Å². The van der Waals surface area contributed by atoms with Crippen molar-refractivity contribution in [3.8, 4) is 0 Å². The number of hydrogen-bond donors (Lipinski definition) is 0. The second-order valence-corrected chi connectivity index (χ2v) is 5.48. The summed E-state index contributed by atoms with van der Waals surface area (Å²) in [6, 6.07) is 0. The molecular formula is C11H21NO. The number of nitrogens with zero attached hydrogens (tertiary/aromatic N) is 1. The van der Waals surface area contributed by atoms with Gasteiger partial charge in [0, 0.05) is 18.6 Å². The van der Waals surface area contributed by atoms with E-state index in [1.54, 1.807) is 0 Å². The first-order valence-electron chi connectivity index (χ1n) is 5.41. The van der Waals surface area contributed by atoms with Crippen LogP contribution in [0.3, 0.4) is 0 Å². The van der Waals surface area contributed by atoms with Gasteiger partial charge >= 0.3 is 0 Å². The molecule has 2 fully saturated rings. The molecule has 1 saturated carbocycles. The molecule has 0 aromatic rings. The topological polar surface area (TPSA) is 12.5 Å². The molecule has 0 bridgehead atoms. The van der Waals surface area contributed by atoms with Gasteiger partial charge in [-0.3, -0.25) is 4.90 Å². The van der Waals surface area contributed by atoms with Crippen molar-refractivity contribution in [2.75, 3.05) is 19.7 Å². The van der Waals surface area contributed by atoms with Gasteiger partial charge in [0.05, 0.1) is 12.2 Å². The van der Waals surface area contributed by atoms with Crippen LogP contribution in [0.15, 0.2) is 0 Å². The third-order valence-corrected chi connectivity index (χ3v) is 3.46. The van der Waals surface area contributed by atoms with E-state index in [1.165, 1.54) is 19.3 Å². The maximum Gasteiger partial charge on any atom is 0.0809 e. The Bertz CT molecular complexity index is 191. The summed E-state index contributed by atoms with van der Waals surface area (Å²) in [6.45, 7) is 10.1. The van der Waals surface area contributed by atoms with Crippen LogP contribution in [0.1, 0.15) is 40.0 Å². The standard InChI is InChI=1S/C11H21NO/c1-10(2,3)12-7-8-13-11(9-12)5-4-6-11/h4-9H2,1-3H3. The Morgan fingerprint density at radius 2 is 1.92 bits per heavy atom. The molecule has 1 saturated heterocycles. The molecule has 0 atom stereocenters. The van der Waals surface area contributed by atoms with Crippen molar-refractivity contribution in [2.24, 2.45) is 0 Å². The van der Waals surface area contributed by atoms with Crippen LogP contribution in [-0.2, 0) is 4.74 Å². The fraction of sp³-hybridized carbons (Fsp3) is 1.00. The normalized spacial score (nSPS) is 28.8. The molecule has 0 N–H and O–H groups in total. The molecule has 1 aliphatic heterocycles. The van der Waals surface area contributed by atoms with Crippen molar-refractivity contribution in [3.63, 3.8) is 0 Å². The van der Waals surface area contributed by atoms with Gasteiger partial charge in [-0.15, -0.1) is 0 Å². The largest absolute Gasteiger partial charge is 0.372 e. The summed E-state index contributed by atoms with van der Waals surface area (Å²) in [7, 11) is 0. The minimum absolute atomic E-state index is 0.255. The molecule has 1 spiro atoms. The van der Waals surface area contributed by atoms with Gasteiger partial charge < -0.3 is 4.74 Å². The van der Waals surface area contributed by atoms with Gasteiger partial charge in [0.2, 0.25) is 0 Å². The van der Waals surface area contributed by atoms with Crippen molar-refractivity contribution in [3.05, 3.63) is 0 Å². The zero-order valence-electron chi connectivity index (χ0n) is 9.10. The molecule has 2 aliphatic rings. The van der Waals surface area contributed by atoms with E-state index in [0.717, 1.165) is 19.7 Å². The van der Waals surface area contributed by atoms with E-state index in [0.29, 0.717) is 5.54 Å². The van der Waals surface area contributed by atoms with Gasteiger partial charge in [0.1, 0.15) is 0 Å². The van der Waals surface area contributed by atoms with E-state index < -0.39 is 0 Å². The Hall–Kier alpha value is -0.0800. The highest BCUT2D eigenvalue weighted by atomic mass is 16.5. The summed E-state index contributed by atoms with van der Waals surface area (Å²) < 4.78 is 5.89. The molecule has 0 unspecified atom stereocenters. The second-order valence-electron chi connectivity index (χ2n) is 5.48. The molecule has 0 radical (unpaired) electrons. The first kappa shape index (κ1) is 9.47. The molecule has 0 amide bonds. The van der Waals surface area contributed by atoms with E-state index in [1.807, 2.05) is 0 Å². The number of rotatable bonds is 0. The van der Waals surface area contributed by atoms with Crippen LogP contribution in [-0.4, -0.2) is 35.7 Å². The first-order chi connectivity index (χ1) is 6.02. The highest BCUT2D eigenvalue weighted by molar-refractivity contribution is 4.97.